The average molecular weight is 298 g/mol. The van der Waals surface area contributed by atoms with Crippen LogP contribution in [0, 0.1) is 17.8 Å². The lowest BCUT2D eigenvalue weighted by Crippen LogP contribution is -2.50. The second-order valence-electron chi connectivity index (χ2n) is 5.95. The Morgan fingerprint density at radius 3 is 2.52 bits per heavy atom. The highest BCUT2D eigenvalue weighted by molar-refractivity contribution is 5.86. The third kappa shape index (κ3) is 3.34. The van der Waals surface area contributed by atoms with Gasteiger partial charge in [-0.1, -0.05) is 0 Å². The molecule has 0 heterocycles. The van der Waals surface area contributed by atoms with E-state index in [1.807, 2.05) is 0 Å². The van der Waals surface area contributed by atoms with Gasteiger partial charge in [0.15, 0.2) is 0 Å². The zero-order valence-corrected chi connectivity index (χ0v) is 12.1. The normalized spacial score (nSPS) is 31.7. The lowest BCUT2D eigenvalue weighted by Gasteiger charge is -2.28. The van der Waals surface area contributed by atoms with Gasteiger partial charge in [0, 0.05) is 12.5 Å². The summed E-state index contributed by atoms with van der Waals surface area (Å²) in [6.45, 7) is 0. The Balaban J connectivity index is 1.92. The lowest BCUT2D eigenvalue weighted by atomic mass is 9.84. The number of esters is 1. The highest BCUT2D eigenvalue weighted by Crippen LogP contribution is 2.47. The van der Waals surface area contributed by atoms with Gasteiger partial charge in [0.1, 0.15) is 6.04 Å². The molecule has 0 aromatic heterocycles. The van der Waals surface area contributed by atoms with E-state index in [4.69, 9.17) is 10.8 Å². The topological polar surface area (TPSA) is 119 Å². The van der Waals surface area contributed by atoms with Gasteiger partial charge in [-0.25, -0.2) is 4.79 Å². The van der Waals surface area contributed by atoms with Crippen LogP contribution < -0.4 is 11.1 Å². The van der Waals surface area contributed by atoms with E-state index in [-0.39, 0.29) is 36.6 Å². The van der Waals surface area contributed by atoms with Gasteiger partial charge in [-0.15, -0.1) is 0 Å². The molecule has 0 radical (unpaired) electrons. The molecule has 2 rings (SSSR count). The van der Waals surface area contributed by atoms with Crippen LogP contribution in [0.25, 0.3) is 0 Å². The molecule has 2 fully saturated rings. The van der Waals surface area contributed by atoms with Crippen molar-refractivity contribution in [3.8, 4) is 0 Å². The summed E-state index contributed by atoms with van der Waals surface area (Å²) in [6.07, 6.45) is 2.97. The SMILES string of the molecule is COC(=O)CC[C@H](NC(=O)C1C2CCC(C2)C1N)C(=O)O. The highest BCUT2D eigenvalue weighted by Gasteiger charge is 2.49. The molecule has 2 aliphatic rings. The molecule has 0 aromatic rings. The fraction of sp³-hybridized carbons (Fsp3) is 0.786. The van der Waals surface area contributed by atoms with Crippen LogP contribution in [0.2, 0.25) is 0 Å². The number of aliphatic carboxylic acids is 1. The number of carboxylic acids is 1. The Morgan fingerprint density at radius 1 is 1.33 bits per heavy atom. The number of nitrogens with two attached hydrogens (primary N) is 1. The average Bonchev–Trinajstić information content (AvgIpc) is 3.03. The van der Waals surface area contributed by atoms with Gasteiger partial charge in [-0.3, -0.25) is 9.59 Å². The molecule has 4 N–H and O–H groups in total. The van der Waals surface area contributed by atoms with E-state index in [0.717, 1.165) is 19.3 Å². The van der Waals surface area contributed by atoms with Gasteiger partial charge in [-0.2, -0.15) is 0 Å². The van der Waals surface area contributed by atoms with Crippen molar-refractivity contribution in [1.29, 1.82) is 0 Å². The van der Waals surface area contributed by atoms with Gasteiger partial charge >= 0.3 is 11.9 Å². The summed E-state index contributed by atoms with van der Waals surface area (Å²) in [4.78, 5) is 34.6. The van der Waals surface area contributed by atoms with Crippen LogP contribution in [-0.4, -0.2) is 42.1 Å². The maximum Gasteiger partial charge on any atom is 0.326 e. The van der Waals surface area contributed by atoms with E-state index < -0.39 is 18.0 Å². The second kappa shape index (κ2) is 6.43. The van der Waals surface area contributed by atoms with Crippen molar-refractivity contribution >= 4 is 17.8 Å². The van der Waals surface area contributed by atoms with E-state index in [1.165, 1.54) is 7.11 Å². The molecule has 0 aliphatic heterocycles. The lowest BCUT2D eigenvalue weighted by molar-refractivity contribution is -0.145. The van der Waals surface area contributed by atoms with Gasteiger partial charge in [0.25, 0.3) is 0 Å². The number of ether oxygens (including phenoxy) is 1. The monoisotopic (exact) mass is 298 g/mol. The molecule has 21 heavy (non-hydrogen) atoms. The summed E-state index contributed by atoms with van der Waals surface area (Å²) < 4.78 is 4.48. The first-order chi connectivity index (χ1) is 9.93. The van der Waals surface area contributed by atoms with E-state index in [9.17, 15) is 14.4 Å². The first kappa shape index (κ1) is 15.8. The molecule has 0 saturated heterocycles. The molecule has 2 bridgehead atoms. The summed E-state index contributed by atoms with van der Waals surface area (Å²) in [7, 11) is 1.24. The van der Waals surface area contributed by atoms with Crippen LogP contribution in [0.4, 0.5) is 0 Å². The number of carboxylic acid groups (broad SMARTS) is 1. The van der Waals surface area contributed by atoms with Crippen LogP contribution >= 0.6 is 0 Å². The summed E-state index contributed by atoms with van der Waals surface area (Å²) in [5.74, 6) is -1.60. The van der Waals surface area contributed by atoms with Crippen molar-refractivity contribution in [1.82, 2.24) is 5.32 Å². The molecule has 2 aliphatic carbocycles. The Hall–Kier alpha value is -1.63. The van der Waals surface area contributed by atoms with E-state index >= 15 is 0 Å². The van der Waals surface area contributed by atoms with E-state index in [1.54, 1.807) is 0 Å². The van der Waals surface area contributed by atoms with Crippen molar-refractivity contribution in [2.24, 2.45) is 23.5 Å². The minimum absolute atomic E-state index is 0.0177. The maximum atomic E-state index is 12.3. The molecule has 4 unspecified atom stereocenters. The first-order valence-electron chi connectivity index (χ1n) is 7.29. The number of nitrogens with one attached hydrogen (secondary N) is 1. The molecule has 5 atom stereocenters. The minimum Gasteiger partial charge on any atom is -0.480 e. The highest BCUT2D eigenvalue weighted by atomic mass is 16.5. The number of hydrogen-bond donors (Lipinski definition) is 3. The Labute approximate surface area is 123 Å². The third-order valence-corrected chi connectivity index (χ3v) is 4.76. The molecular weight excluding hydrogens is 276 g/mol. The number of methoxy groups -OCH3 is 1. The fourth-order valence-electron chi connectivity index (χ4n) is 3.61. The van der Waals surface area contributed by atoms with Gasteiger partial charge < -0.3 is 20.9 Å². The Bertz CT molecular complexity index is 437. The number of carbonyl (C=O) groups excluding carboxylic acids is 2. The van der Waals surface area contributed by atoms with E-state index in [0.29, 0.717) is 5.92 Å². The van der Waals surface area contributed by atoms with Crippen LogP contribution in [0.5, 0.6) is 0 Å². The van der Waals surface area contributed by atoms with Crippen molar-refractivity contribution in [3.63, 3.8) is 0 Å². The van der Waals surface area contributed by atoms with Crippen molar-refractivity contribution in [2.45, 2.75) is 44.2 Å². The molecule has 0 spiro atoms. The first-order valence-corrected chi connectivity index (χ1v) is 7.29. The largest absolute Gasteiger partial charge is 0.480 e. The predicted octanol–water partition coefficient (Wildman–Crippen LogP) is -0.118. The molecule has 2 saturated carbocycles. The molecule has 1 amide bonds. The summed E-state index contributed by atoms with van der Waals surface area (Å²) >= 11 is 0. The number of carbonyl (C=O) groups is 3. The smallest absolute Gasteiger partial charge is 0.326 e. The fourth-order valence-corrected chi connectivity index (χ4v) is 3.61. The van der Waals surface area contributed by atoms with Gasteiger partial charge in [0.2, 0.25) is 5.91 Å². The quantitative estimate of drug-likeness (QED) is 0.588. The Kier molecular flexibility index (Phi) is 4.82. The molecule has 7 nitrogen and oxygen atoms in total. The number of rotatable bonds is 6. The zero-order valence-electron chi connectivity index (χ0n) is 12.1. The zero-order chi connectivity index (χ0) is 15.6. The van der Waals surface area contributed by atoms with Crippen molar-refractivity contribution in [3.05, 3.63) is 0 Å². The minimum atomic E-state index is -1.15. The van der Waals surface area contributed by atoms with Crippen LogP contribution in [0.15, 0.2) is 0 Å². The molecule has 7 heteroatoms. The number of amides is 1. The van der Waals surface area contributed by atoms with Crippen LogP contribution in [0.3, 0.4) is 0 Å². The standard InChI is InChI=1S/C14H22N2O5/c1-21-10(17)5-4-9(14(19)20)16-13(18)11-7-2-3-8(6-7)12(11)15/h7-9,11-12H,2-6,15H2,1H3,(H,16,18)(H,19,20)/t7?,8?,9-,11?,12?/m0/s1. The maximum absolute atomic E-state index is 12.3. The number of fused-ring (bicyclic) bond motifs is 2. The number of hydrogen-bond acceptors (Lipinski definition) is 5. The summed E-state index contributed by atoms with van der Waals surface area (Å²) in [5, 5.41) is 11.7. The predicted molar refractivity (Wildman–Crippen MR) is 73.1 cm³/mol. The second-order valence-corrected chi connectivity index (χ2v) is 5.95. The third-order valence-electron chi connectivity index (χ3n) is 4.76. The van der Waals surface area contributed by atoms with Crippen LogP contribution in [-0.2, 0) is 19.1 Å². The summed E-state index contributed by atoms with van der Waals surface area (Å²) in [6, 6.07) is -1.26. The van der Waals surface area contributed by atoms with E-state index in [2.05, 4.69) is 10.1 Å². The Morgan fingerprint density at radius 2 is 2.00 bits per heavy atom. The van der Waals surface area contributed by atoms with Crippen LogP contribution in [0.1, 0.15) is 32.1 Å². The molecule has 0 aromatic carbocycles. The molecular formula is C14H22N2O5. The van der Waals surface area contributed by atoms with Crippen molar-refractivity contribution in [2.75, 3.05) is 7.11 Å². The molecule has 118 valence electrons. The van der Waals surface area contributed by atoms with Gasteiger partial charge in [0.05, 0.1) is 13.0 Å². The van der Waals surface area contributed by atoms with Gasteiger partial charge in [-0.05, 0) is 37.5 Å². The summed E-state index contributed by atoms with van der Waals surface area (Å²) in [5.41, 5.74) is 6.08. The van der Waals surface area contributed by atoms with Crippen molar-refractivity contribution < 1.29 is 24.2 Å².